The number of halogens is 2. The van der Waals surface area contributed by atoms with Crippen LogP contribution in [0, 0.1) is 0 Å². The molecule has 0 aromatic heterocycles. The topological polar surface area (TPSA) is 0 Å². The van der Waals surface area contributed by atoms with Gasteiger partial charge in [-0.3, -0.25) is 0 Å². The van der Waals surface area contributed by atoms with Crippen LogP contribution in [0.25, 0.3) is 0 Å². The first-order chi connectivity index (χ1) is 5.41. The van der Waals surface area contributed by atoms with E-state index in [1.807, 2.05) is 6.08 Å². The normalized spacial score (nSPS) is 11.8. The molecule has 0 fully saturated rings. The molecule has 0 aromatic carbocycles. The number of unbranched alkanes of at least 4 members (excludes halogenated alkanes) is 2. The Morgan fingerprint density at radius 3 is 2.18 bits per heavy atom. The van der Waals surface area contributed by atoms with Crippen molar-refractivity contribution in [2.24, 2.45) is 0 Å². The molecule has 11 heavy (non-hydrogen) atoms. The van der Waals surface area contributed by atoms with Crippen LogP contribution >= 0.6 is 34.2 Å². The number of allylic oxidation sites excluding steroid dienone is 4. The highest BCUT2D eigenvalue weighted by Crippen LogP contribution is 1.98. The molecule has 0 unspecified atom stereocenters. The summed E-state index contributed by atoms with van der Waals surface area (Å²) in [4.78, 5) is 0. The summed E-state index contributed by atoms with van der Waals surface area (Å²) in [7, 11) is 0. The Morgan fingerprint density at radius 2 is 1.64 bits per heavy atom. The van der Waals surface area contributed by atoms with Gasteiger partial charge in [0, 0.05) is 10.3 Å². The van der Waals surface area contributed by atoms with Crippen LogP contribution < -0.4 is 0 Å². The summed E-state index contributed by atoms with van der Waals surface area (Å²) in [6.07, 6.45) is 12.2. The Kier molecular flexibility index (Phi) is 11.0. The Hall–Kier alpha value is 0.500. The Balaban J connectivity index is 3.02. The van der Waals surface area contributed by atoms with E-state index in [0.717, 1.165) is 10.8 Å². The van der Waals surface area contributed by atoms with Gasteiger partial charge in [-0.1, -0.05) is 46.9 Å². The average molecular weight is 285 g/mol. The maximum atomic E-state index is 5.46. The summed E-state index contributed by atoms with van der Waals surface area (Å²) in [5, 5.41) is 0. The zero-order valence-corrected chi connectivity index (χ0v) is 9.51. The Bertz CT molecular complexity index is 105. The van der Waals surface area contributed by atoms with Crippen LogP contribution in [0.15, 0.2) is 24.3 Å². The molecule has 2 heteroatoms. The highest BCUT2D eigenvalue weighted by Gasteiger charge is 1.79. The molecular weight excluding hydrogens is 270 g/mol. The molecule has 0 bridgehead atoms. The second-order valence-corrected chi connectivity index (χ2v) is 3.37. The molecule has 0 spiro atoms. The van der Waals surface area contributed by atoms with Gasteiger partial charge >= 0.3 is 0 Å². The molecule has 0 radical (unpaired) electrons. The van der Waals surface area contributed by atoms with Crippen LogP contribution in [0.4, 0.5) is 0 Å². The van der Waals surface area contributed by atoms with Crippen molar-refractivity contribution in [3.8, 4) is 0 Å². The number of alkyl halides is 2. The van der Waals surface area contributed by atoms with E-state index in [1.54, 1.807) is 0 Å². The van der Waals surface area contributed by atoms with Gasteiger partial charge in [0.15, 0.2) is 0 Å². The van der Waals surface area contributed by atoms with Gasteiger partial charge in [-0.05, 0) is 19.3 Å². The predicted molar refractivity (Wildman–Crippen MR) is 61.7 cm³/mol. The van der Waals surface area contributed by atoms with Crippen molar-refractivity contribution >= 4 is 34.2 Å². The minimum Gasteiger partial charge on any atom is -0.122 e. The maximum absolute atomic E-state index is 5.46. The maximum Gasteiger partial charge on any atom is 0.0404 e. The molecular formula is C9H14ClI. The van der Waals surface area contributed by atoms with Crippen LogP contribution in [0.2, 0.25) is 0 Å². The second kappa shape index (κ2) is 10.5. The van der Waals surface area contributed by atoms with Crippen LogP contribution in [0.1, 0.15) is 19.3 Å². The Morgan fingerprint density at radius 1 is 1.00 bits per heavy atom. The van der Waals surface area contributed by atoms with Gasteiger partial charge in [0.1, 0.15) is 0 Å². The van der Waals surface area contributed by atoms with Crippen molar-refractivity contribution in [3.63, 3.8) is 0 Å². The smallest absolute Gasteiger partial charge is 0.0404 e. The van der Waals surface area contributed by atoms with E-state index in [1.165, 1.54) is 12.8 Å². The second-order valence-electron chi connectivity index (χ2n) is 2.18. The van der Waals surface area contributed by atoms with E-state index in [2.05, 4.69) is 40.8 Å². The first kappa shape index (κ1) is 11.5. The third-order valence-electron chi connectivity index (χ3n) is 1.25. The van der Waals surface area contributed by atoms with Gasteiger partial charge in [0.05, 0.1) is 0 Å². The van der Waals surface area contributed by atoms with Gasteiger partial charge in [0.2, 0.25) is 0 Å². The zero-order chi connectivity index (χ0) is 8.36. The zero-order valence-electron chi connectivity index (χ0n) is 6.60. The monoisotopic (exact) mass is 284 g/mol. The predicted octanol–water partition coefficient (Wildman–Crippen LogP) is 3.94. The van der Waals surface area contributed by atoms with Gasteiger partial charge in [-0.15, -0.1) is 11.6 Å². The minimum atomic E-state index is 0.642. The molecule has 0 aliphatic heterocycles. The number of rotatable bonds is 6. The van der Waals surface area contributed by atoms with Crippen molar-refractivity contribution < 1.29 is 0 Å². The summed E-state index contributed by atoms with van der Waals surface area (Å²) >= 11 is 7.81. The van der Waals surface area contributed by atoms with Crippen LogP contribution in [-0.2, 0) is 0 Å². The first-order valence-electron chi connectivity index (χ1n) is 3.83. The fraction of sp³-hybridized carbons (Fsp3) is 0.556. The van der Waals surface area contributed by atoms with Crippen molar-refractivity contribution in [1.29, 1.82) is 0 Å². The van der Waals surface area contributed by atoms with Crippen molar-refractivity contribution in [2.45, 2.75) is 19.3 Å². The standard InChI is InChI=1S/C9H14ClI/c10-8-6-4-2-1-3-5-7-9-11/h4-7H,1-3,8-9H2. The third kappa shape index (κ3) is 10.5. The third-order valence-corrected chi connectivity index (χ3v) is 1.94. The van der Waals surface area contributed by atoms with Gasteiger partial charge in [-0.2, -0.15) is 0 Å². The molecule has 0 atom stereocenters. The fourth-order valence-corrected chi connectivity index (χ4v) is 1.20. The van der Waals surface area contributed by atoms with E-state index in [0.29, 0.717) is 5.88 Å². The first-order valence-corrected chi connectivity index (χ1v) is 5.89. The van der Waals surface area contributed by atoms with Gasteiger partial charge in [0.25, 0.3) is 0 Å². The van der Waals surface area contributed by atoms with E-state index in [9.17, 15) is 0 Å². The lowest BCUT2D eigenvalue weighted by Crippen LogP contribution is -1.70. The van der Waals surface area contributed by atoms with Crippen LogP contribution in [0.5, 0.6) is 0 Å². The molecule has 0 aliphatic carbocycles. The highest BCUT2D eigenvalue weighted by atomic mass is 127. The van der Waals surface area contributed by atoms with E-state index in [-0.39, 0.29) is 0 Å². The SMILES string of the molecule is ClCC=CCCCC=CCI. The minimum absolute atomic E-state index is 0.642. The summed E-state index contributed by atoms with van der Waals surface area (Å²) in [5.74, 6) is 0.642. The summed E-state index contributed by atoms with van der Waals surface area (Å²) < 4.78 is 1.12. The van der Waals surface area contributed by atoms with Crippen molar-refractivity contribution in [1.82, 2.24) is 0 Å². The molecule has 0 aromatic rings. The largest absolute Gasteiger partial charge is 0.122 e. The number of hydrogen-bond acceptors (Lipinski definition) is 0. The molecule has 0 amide bonds. The Labute approximate surface area is 87.8 Å². The van der Waals surface area contributed by atoms with Gasteiger partial charge in [-0.25, -0.2) is 0 Å². The van der Waals surface area contributed by atoms with Crippen LogP contribution in [0.3, 0.4) is 0 Å². The molecule has 0 heterocycles. The molecule has 0 saturated heterocycles. The van der Waals surface area contributed by atoms with Crippen molar-refractivity contribution in [3.05, 3.63) is 24.3 Å². The summed E-state index contributed by atoms with van der Waals surface area (Å²) in [6.45, 7) is 0. The summed E-state index contributed by atoms with van der Waals surface area (Å²) in [6, 6.07) is 0. The van der Waals surface area contributed by atoms with E-state index >= 15 is 0 Å². The molecule has 0 aliphatic rings. The molecule has 0 saturated carbocycles. The van der Waals surface area contributed by atoms with Crippen LogP contribution in [-0.4, -0.2) is 10.3 Å². The lowest BCUT2D eigenvalue weighted by Gasteiger charge is -1.88. The number of hydrogen-bond donors (Lipinski definition) is 0. The molecule has 0 rings (SSSR count). The lowest BCUT2D eigenvalue weighted by atomic mass is 10.2. The quantitative estimate of drug-likeness (QED) is 0.300. The van der Waals surface area contributed by atoms with E-state index in [4.69, 9.17) is 11.6 Å². The average Bonchev–Trinajstić information content (AvgIpc) is 2.03. The highest BCUT2D eigenvalue weighted by molar-refractivity contribution is 14.1. The molecule has 64 valence electrons. The molecule has 0 N–H and O–H groups in total. The molecule has 0 nitrogen and oxygen atoms in total. The lowest BCUT2D eigenvalue weighted by molar-refractivity contribution is 0.867. The summed E-state index contributed by atoms with van der Waals surface area (Å²) in [5.41, 5.74) is 0. The van der Waals surface area contributed by atoms with E-state index < -0.39 is 0 Å². The van der Waals surface area contributed by atoms with Crippen molar-refractivity contribution in [2.75, 3.05) is 10.3 Å². The fourth-order valence-electron chi connectivity index (χ4n) is 0.715. The van der Waals surface area contributed by atoms with Gasteiger partial charge < -0.3 is 0 Å².